The molecule has 2 amide bonds. The lowest BCUT2D eigenvalue weighted by atomic mass is 9.93. The lowest BCUT2D eigenvalue weighted by Crippen LogP contribution is -2.70. The van der Waals surface area contributed by atoms with E-state index in [0.717, 1.165) is 12.1 Å². The van der Waals surface area contributed by atoms with Crippen LogP contribution in [0.15, 0.2) is 55.3 Å². The number of hydrogen-bond donors (Lipinski definition) is 0. The monoisotopic (exact) mass is 511 g/mol. The predicted molar refractivity (Wildman–Crippen MR) is 138 cm³/mol. The Kier molecular flexibility index (Phi) is 6.34. The summed E-state index contributed by atoms with van der Waals surface area (Å²) in [5, 5.41) is 1.09. The summed E-state index contributed by atoms with van der Waals surface area (Å²) in [6.07, 6.45) is 3.12. The summed E-state index contributed by atoms with van der Waals surface area (Å²) >= 11 is 12.8. The molecule has 2 aliphatic heterocycles. The van der Waals surface area contributed by atoms with E-state index in [4.69, 9.17) is 28.2 Å². The van der Waals surface area contributed by atoms with E-state index in [0.29, 0.717) is 46.7 Å². The number of aromatic nitrogens is 2. The number of imidazole rings is 1. The molecule has 5 rings (SSSR count). The van der Waals surface area contributed by atoms with Crippen molar-refractivity contribution in [3.05, 3.63) is 71.0 Å². The molecule has 1 aromatic carbocycles. The molecule has 3 atom stereocenters. The van der Waals surface area contributed by atoms with Crippen molar-refractivity contribution in [3.63, 3.8) is 0 Å². The SMILES string of the molecule is C=CC(=O)N1C[C@@H](N2CCN(C(=O)c3nc4ccc(Cl)cn4c3-c3ccccc3Cl)C[C@@H]2C)[C@H]1C. The number of halogens is 2. The molecule has 2 saturated heterocycles. The summed E-state index contributed by atoms with van der Waals surface area (Å²) in [6, 6.07) is 11.5. The average Bonchev–Trinajstić information content (AvgIpc) is 3.22. The number of carbonyl (C=O) groups excluding carboxylic acids is 2. The normalized spacial score (nSPS) is 22.8. The molecule has 0 unspecified atom stereocenters. The van der Waals surface area contributed by atoms with Crippen LogP contribution in [0.2, 0.25) is 10.0 Å². The Morgan fingerprint density at radius 2 is 1.86 bits per heavy atom. The molecule has 2 fully saturated rings. The molecule has 0 radical (unpaired) electrons. The van der Waals surface area contributed by atoms with Gasteiger partial charge in [0.25, 0.3) is 5.91 Å². The second-order valence-corrected chi connectivity index (χ2v) is 10.0. The first-order valence-corrected chi connectivity index (χ1v) is 12.5. The van der Waals surface area contributed by atoms with Crippen LogP contribution >= 0.6 is 23.2 Å². The molecule has 9 heteroatoms. The number of hydrogen-bond acceptors (Lipinski definition) is 4. The summed E-state index contributed by atoms with van der Waals surface area (Å²) in [5.74, 6) is -0.161. The van der Waals surface area contributed by atoms with Crippen LogP contribution in [0.25, 0.3) is 16.9 Å². The third kappa shape index (κ3) is 4.11. The Hall–Kier alpha value is -2.87. The van der Waals surface area contributed by atoms with Crippen LogP contribution in [0.4, 0.5) is 0 Å². The molecule has 4 heterocycles. The molecule has 2 aliphatic rings. The van der Waals surface area contributed by atoms with Gasteiger partial charge in [-0.3, -0.25) is 18.9 Å². The summed E-state index contributed by atoms with van der Waals surface area (Å²) in [7, 11) is 0. The van der Waals surface area contributed by atoms with E-state index in [-0.39, 0.29) is 29.9 Å². The minimum atomic E-state index is -0.128. The first kappa shape index (κ1) is 23.9. The number of pyridine rings is 1. The average molecular weight is 512 g/mol. The van der Waals surface area contributed by atoms with Crippen molar-refractivity contribution in [2.24, 2.45) is 0 Å². The van der Waals surface area contributed by atoms with Crippen LogP contribution in [0, 0.1) is 0 Å². The number of likely N-dealkylation sites (tertiary alicyclic amines) is 1. The highest BCUT2D eigenvalue weighted by Crippen LogP contribution is 2.33. The van der Waals surface area contributed by atoms with Crippen molar-refractivity contribution < 1.29 is 9.59 Å². The second kappa shape index (κ2) is 9.30. The van der Waals surface area contributed by atoms with Gasteiger partial charge in [-0.25, -0.2) is 4.98 Å². The highest BCUT2D eigenvalue weighted by molar-refractivity contribution is 6.33. The molecule has 0 spiro atoms. The number of piperazine rings is 1. The van der Waals surface area contributed by atoms with Crippen molar-refractivity contribution in [1.82, 2.24) is 24.1 Å². The van der Waals surface area contributed by atoms with Crippen LogP contribution in [-0.4, -0.2) is 80.2 Å². The number of benzene rings is 1. The van der Waals surface area contributed by atoms with E-state index >= 15 is 0 Å². The molecule has 7 nitrogen and oxygen atoms in total. The van der Waals surface area contributed by atoms with E-state index in [9.17, 15) is 9.59 Å². The number of nitrogens with zero attached hydrogens (tertiary/aromatic N) is 5. The van der Waals surface area contributed by atoms with E-state index in [1.54, 1.807) is 24.4 Å². The van der Waals surface area contributed by atoms with Crippen molar-refractivity contribution in [1.29, 1.82) is 0 Å². The summed E-state index contributed by atoms with van der Waals surface area (Å²) in [6.45, 7) is 10.4. The molecule has 0 N–H and O–H groups in total. The fourth-order valence-corrected chi connectivity index (χ4v) is 5.64. The third-order valence-electron chi connectivity index (χ3n) is 7.20. The van der Waals surface area contributed by atoms with E-state index in [2.05, 4.69) is 25.3 Å². The summed E-state index contributed by atoms with van der Waals surface area (Å²) < 4.78 is 1.83. The minimum Gasteiger partial charge on any atom is -0.334 e. The minimum absolute atomic E-state index is 0.0331. The van der Waals surface area contributed by atoms with Crippen LogP contribution in [0.5, 0.6) is 0 Å². The molecule has 182 valence electrons. The smallest absolute Gasteiger partial charge is 0.274 e. The zero-order valence-electron chi connectivity index (χ0n) is 19.7. The second-order valence-electron chi connectivity index (χ2n) is 9.21. The zero-order chi connectivity index (χ0) is 24.9. The molecular weight excluding hydrogens is 485 g/mol. The van der Waals surface area contributed by atoms with Crippen molar-refractivity contribution in [3.8, 4) is 11.3 Å². The van der Waals surface area contributed by atoms with Gasteiger partial charge in [-0.05, 0) is 38.1 Å². The van der Waals surface area contributed by atoms with Gasteiger partial charge in [0, 0.05) is 61.1 Å². The predicted octanol–water partition coefficient (Wildman–Crippen LogP) is 4.24. The summed E-state index contributed by atoms with van der Waals surface area (Å²) in [5.41, 5.74) is 2.36. The highest BCUT2D eigenvalue weighted by Gasteiger charge is 2.44. The quantitative estimate of drug-likeness (QED) is 0.491. The lowest BCUT2D eigenvalue weighted by molar-refractivity contribution is -0.141. The Balaban J connectivity index is 1.41. The first-order chi connectivity index (χ1) is 16.8. The van der Waals surface area contributed by atoms with Gasteiger partial charge in [-0.15, -0.1) is 0 Å². The van der Waals surface area contributed by atoms with Crippen LogP contribution in [0.3, 0.4) is 0 Å². The van der Waals surface area contributed by atoms with E-state index in [1.807, 2.05) is 32.4 Å². The Bertz CT molecular complexity index is 1320. The Labute approximate surface area is 214 Å². The molecule has 3 aromatic rings. The van der Waals surface area contributed by atoms with Gasteiger partial charge in [0.15, 0.2) is 5.69 Å². The van der Waals surface area contributed by atoms with Crippen LogP contribution in [0.1, 0.15) is 24.3 Å². The maximum atomic E-state index is 13.8. The molecule has 0 bridgehead atoms. The summed E-state index contributed by atoms with van der Waals surface area (Å²) in [4.78, 5) is 36.6. The third-order valence-corrected chi connectivity index (χ3v) is 7.75. The molecule has 0 aliphatic carbocycles. The van der Waals surface area contributed by atoms with Gasteiger partial charge in [0.05, 0.1) is 10.7 Å². The number of carbonyl (C=O) groups is 2. The number of rotatable bonds is 4. The topological polar surface area (TPSA) is 61.2 Å². The lowest BCUT2D eigenvalue weighted by Gasteiger charge is -2.54. The largest absolute Gasteiger partial charge is 0.334 e. The fraction of sp³-hybridized carbons (Fsp3) is 0.346. The Morgan fingerprint density at radius 3 is 2.54 bits per heavy atom. The zero-order valence-corrected chi connectivity index (χ0v) is 21.2. The maximum absolute atomic E-state index is 13.8. The Morgan fingerprint density at radius 1 is 1.09 bits per heavy atom. The molecular formula is C26H27Cl2N5O2. The molecule has 2 aromatic heterocycles. The first-order valence-electron chi connectivity index (χ1n) is 11.7. The van der Waals surface area contributed by atoms with Gasteiger partial charge in [0.2, 0.25) is 5.91 Å². The van der Waals surface area contributed by atoms with Crippen molar-refractivity contribution in [2.45, 2.75) is 32.0 Å². The van der Waals surface area contributed by atoms with Crippen LogP contribution < -0.4 is 0 Å². The van der Waals surface area contributed by atoms with E-state index < -0.39 is 0 Å². The van der Waals surface area contributed by atoms with Gasteiger partial charge in [-0.2, -0.15) is 0 Å². The fourth-order valence-electron chi connectivity index (χ4n) is 5.26. The molecule has 35 heavy (non-hydrogen) atoms. The van der Waals surface area contributed by atoms with E-state index in [1.165, 1.54) is 6.08 Å². The highest BCUT2D eigenvalue weighted by atomic mass is 35.5. The van der Waals surface area contributed by atoms with Gasteiger partial charge in [0.1, 0.15) is 5.65 Å². The van der Waals surface area contributed by atoms with Gasteiger partial charge in [-0.1, -0.05) is 48.0 Å². The molecule has 0 saturated carbocycles. The number of fused-ring (bicyclic) bond motifs is 1. The van der Waals surface area contributed by atoms with Crippen LogP contribution in [-0.2, 0) is 4.79 Å². The standard InChI is InChI=1S/C26H27Cl2N5O2/c1-4-23(34)32-15-21(17(32)3)31-12-11-30(13-16(31)2)26(35)24-25(19-7-5-6-8-20(19)28)33-14-18(27)9-10-22(33)29-24/h4-10,14,16-17,21H,1,11-13,15H2,2-3H3/t16-,17+,21+/m0/s1. The number of amides is 2. The van der Waals surface area contributed by atoms with Crippen molar-refractivity contribution >= 4 is 40.7 Å². The van der Waals surface area contributed by atoms with Gasteiger partial charge >= 0.3 is 0 Å². The maximum Gasteiger partial charge on any atom is 0.274 e. The van der Waals surface area contributed by atoms with Crippen molar-refractivity contribution in [2.75, 3.05) is 26.2 Å². The van der Waals surface area contributed by atoms with Gasteiger partial charge < -0.3 is 9.80 Å².